The maximum Gasteiger partial charge on any atom is 0.254 e. The minimum absolute atomic E-state index is 0.0596. The van der Waals surface area contributed by atoms with E-state index in [0.717, 1.165) is 19.1 Å². The molecule has 0 heterocycles. The van der Waals surface area contributed by atoms with E-state index in [2.05, 4.69) is 4.72 Å². The van der Waals surface area contributed by atoms with Crippen LogP contribution < -0.4 is 4.72 Å². The third-order valence-corrected chi connectivity index (χ3v) is 3.63. The van der Waals surface area contributed by atoms with Crippen LogP contribution in [0.5, 0.6) is 0 Å². The molecule has 0 unspecified atom stereocenters. The van der Waals surface area contributed by atoms with Crippen LogP contribution in [0.3, 0.4) is 0 Å². The molecule has 110 valence electrons. The van der Waals surface area contributed by atoms with Crippen molar-refractivity contribution in [3.8, 4) is 0 Å². The van der Waals surface area contributed by atoms with E-state index < -0.39 is 10.0 Å². The number of aliphatic hydroxyl groups excluding tert-OH is 1. The molecule has 1 saturated carbocycles. The highest BCUT2D eigenvalue weighted by atomic mass is 32.2. The van der Waals surface area contributed by atoms with E-state index >= 15 is 0 Å². The van der Waals surface area contributed by atoms with Gasteiger partial charge in [-0.2, -0.15) is 0 Å². The Morgan fingerprint density at radius 1 is 1.35 bits per heavy atom. The molecular formula is C13H18N2O4S. The van der Waals surface area contributed by atoms with Crippen molar-refractivity contribution < 1.29 is 18.3 Å². The summed E-state index contributed by atoms with van der Waals surface area (Å²) in [6.07, 6.45) is 3.01. The van der Waals surface area contributed by atoms with Gasteiger partial charge in [0.2, 0.25) is 10.0 Å². The summed E-state index contributed by atoms with van der Waals surface area (Å²) in [7, 11) is -3.32. The van der Waals surface area contributed by atoms with Gasteiger partial charge in [-0.05, 0) is 37.1 Å². The average Bonchev–Trinajstić information content (AvgIpc) is 3.18. The normalized spacial score (nSPS) is 14.9. The number of amides is 1. The van der Waals surface area contributed by atoms with Crippen LogP contribution in [-0.4, -0.2) is 49.8 Å². The van der Waals surface area contributed by atoms with Crippen LogP contribution in [0.15, 0.2) is 24.3 Å². The first kappa shape index (κ1) is 14.8. The van der Waals surface area contributed by atoms with E-state index in [1.807, 2.05) is 0 Å². The molecule has 1 aromatic rings. The van der Waals surface area contributed by atoms with Gasteiger partial charge in [-0.1, -0.05) is 0 Å². The predicted molar refractivity (Wildman–Crippen MR) is 76.1 cm³/mol. The first-order valence-corrected chi connectivity index (χ1v) is 8.29. The van der Waals surface area contributed by atoms with E-state index in [9.17, 15) is 13.2 Å². The molecule has 0 aromatic heterocycles. The minimum Gasteiger partial charge on any atom is -0.395 e. The molecule has 1 aliphatic rings. The second-order valence-electron chi connectivity index (χ2n) is 4.90. The number of hydrogen-bond acceptors (Lipinski definition) is 4. The van der Waals surface area contributed by atoms with Gasteiger partial charge in [-0.3, -0.25) is 9.52 Å². The molecule has 0 saturated heterocycles. The second kappa shape index (κ2) is 5.80. The molecular weight excluding hydrogens is 280 g/mol. The molecule has 0 spiro atoms. The standard InChI is InChI=1S/C13H18N2O4S/c1-20(18,19)14-11-4-2-10(3-5-11)13(17)15(8-9-16)12-6-7-12/h2-5,12,14,16H,6-9H2,1H3. The van der Waals surface area contributed by atoms with Gasteiger partial charge < -0.3 is 10.0 Å². The lowest BCUT2D eigenvalue weighted by Gasteiger charge is -2.21. The summed E-state index contributed by atoms with van der Waals surface area (Å²) in [6.45, 7) is 0.267. The van der Waals surface area contributed by atoms with Crippen molar-refractivity contribution in [2.75, 3.05) is 24.1 Å². The highest BCUT2D eigenvalue weighted by Crippen LogP contribution is 2.28. The fourth-order valence-electron chi connectivity index (χ4n) is 2.00. The van der Waals surface area contributed by atoms with Gasteiger partial charge in [0.05, 0.1) is 12.9 Å². The van der Waals surface area contributed by atoms with Crippen LogP contribution in [0.25, 0.3) is 0 Å². The average molecular weight is 298 g/mol. The lowest BCUT2D eigenvalue weighted by Crippen LogP contribution is -2.35. The molecule has 0 atom stereocenters. The zero-order valence-corrected chi connectivity index (χ0v) is 12.1. The monoisotopic (exact) mass is 298 g/mol. The van der Waals surface area contributed by atoms with Gasteiger partial charge >= 0.3 is 0 Å². The minimum atomic E-state index is -3.32. The topological polar surface area (TPSA) is 86.7 Å². The van der Waals surface area contributed by atoms with Crippen LogP contribution in [0.4, 0.5) is 5.69 Å². The van der Waals surface area contributed by atoms with Crippen molar-refractivity contribution in [2.45, 2.75) is 18.9 Å². The van der Waals surface area contributed by atoms with Crippen LogP contribution in [-0.2, 0) is 10.0 Å². The van der Waals surface area contributed by atoms with Crippen LogP contribution in [0, 0.1) is 0 Å². The summed E-state index contributed by atoms with van der Waals surface area (Å²) in [6, 6.07) is 6.51. The lowest BCUT2D eigenvalue weighted by atomic mass is 10.2. The smallest absolute Gasteiger partial charge is 0.254 e. The maximum atomic E-state index is 12.3. The van der Waals surface area contributed by atoms with Crippen LogP contribution in [0.1, 0.15) is 23.2 Å². The highest BCUT2D eigenvalue weighted by molar-refractivity contribution is 7.92. The van der Waals surface area contributed by atoms with E-state index in [-0.39, 0.29) is 18.6 Å². The number of benzene rings is 1. The van der Waals surface area contributed by atoms with E-state index in [0.29, 0.717) is 17.8 Å². The fourth-order valence-corrected chi connectivity index (χ4v) is 2.57. The molecule has 0 aliphatic heterocycles. The summed E-state index contributed by atoms with van der Waals surface area (Å²) >= 11 is 0. The zero-order chi connectivity index (χ0) is 14.8. The van der Waals surface area contributed by atoms with Crippen molar-refractivity contribution in [3.05, 3.63) is 29.8 Å². The number of rotatable bonds is 6. The molecule has 1 fully saturated rings. The van der Waals surface area contributed by atoms with Gasteiger partial charge in [0, 0.05) is 23.8 Å². The number of nitrogens with one attached hydrogen (secondary N) is 1. The Balaban J connectivity index is 2.10. The number of hydrogen-bond donors (Lipinski definition) is 2. The maximum absolute atomic E-state index is 12.3. The molecule has 7 heteroatoms. The van der Waals surface area contributed by atoms with E-state index in [4.69, 9.17) is 5.11 Å². The summed E-state index contributed by atoms with van der Waals surface area (Å²) in [5.74, 6) is -0.132. The number of aliphatic hydroxyl groups is 1. The highest BCUT2D eigenvalue weighted by Gasteiger charge is 2.32. The van der Waals surface area contributed by atoms with Crippen molar-refractivity contribution in [2.24, 2.45) is 0 Å². The Labute approximate surface area is 118 Å². The van der Waals surface area contributed by atoms with Crippen molar-refractivity contribution in [1.29, 1.82) is 0 Å². The molecule has 0 radical (unpaired) electrons. The molecule has 1 aliphatic carbocycles. The third kappa shape index (κ3) is 3.94. The van der Waals surface area contributed by atoms with E-state index in [1.54, 1.807) is 29.2 Å². The number of carbonyl (C=O) groups excluding carboxylic acids is 1. The largest absolute Gasteiger partial charge is 0.395 e. The second-order valence-corrected chi connectivity index (χ2v) is 6.65. The number of anilines is 1. The first-order chi connectivity index (χ1) is 9.40. The summed E-state index contributed by atoms with van der Waals surface area (Å²) in [4.78, 5) is 14.0. The number of carbonyl (C=O) groups is 1. The van der Waals surface area contributed by atoms with Crippen LogP contribution in [0.2, 0.25) is 0 Å². The Bertz CT molecular complexity index is 579. The van der Waals surface area contributed by atoms with Gasteiger partial charge in [0.1, 0.15) is 0 Å². The van der Waals surface area contributed by atoms with Crippen molar-refractivity contribution >= 4 is 21.6 Å². The first-order valence-electron chi connectivity index (χ1n) is 6.40. The lowest BCUT2D eigenvalue weighted by molar-refractivity contribution is 0.0707. The SMILES string of the molecule is CS(=O)(=O)Nc1ccc(C(=O)N(CCO)C2CC2)cc1. The van der Waals surface area contributed by atoms with Gasteiger partial charge in [-0.25, -0.2) is 8.42 Å². The molecule has 2 rings (SSSR count). The fraction of sp³-hybridized carbons (Fsp3) is 0.462. The molecule has 20 heavy (non-hydrogen) atoms. The summed E-state index contributed by atoms with van der Waals surface area (Å²) in [5.41, 5.74) is 0.911. The predicted octanol–water partition coefficient (Wildman–Crippen LogP) is 0.655. The molecule has 1 amide bonds. The molecule has 1 aromatic carbocycles. The quantitative estimate of drug-likeness (QED) is 0.807. The van der Waals surface area contributed by atoms with E-state index in [1.165, 1.54) is 0 Å². The van der Waals surface area contributed by atoms with Crippen molar-refractivity contribution in [3.63, 3.8) is 0 Å². The molecule has 6 nitrogen and oxygen atoms in total. The Kier molecular flexibility index (Phi) is 4.29. The van der Waals surface area contributed by atoms with Gasteiger partial charge in [0.25, 0.3) is 5.91 Å². The summed E-state index contributed by atoms with van der Waals surface area (Å²) < 4.78 is 24.5. The number of nitrogens with zero attached hydrogens (tertiary/aromatic N) is 1. The third-order valence-electron chi connectivity index (χ3n) is 3.02. The van der Waals surface area contributed by atoms with Crippen molar-refractivity contribution in [1.82, 2.24) is 4.90 Å². The summed E-state index contributed by atoms with van der Waals surface area (Å²) in [5, 5.41) is 9.01. The Morgan fingerprint density at radius 2 is 1.95 bits per heavy atom. The van der Waals surface area contributed by atoms with Crippen LogP contribution >= 0.6 is 0 Å². The van der Waals surface area contributed by atoms with Gasteiger partial charge in [0.15, 0.2) is 0 Å². The van der Waals surface area contributed by atoms with Gasteiger partial charge in [-0.15, -0.1) is 0 Å². The number of sulfonamides is 1. The molecule has 0 bridgehead atoms. The Hall–Kier alpha value is -1.60. The Morgan fingerprint density at radius 3 is 2.40 bits per heavy atom. The molecule has 2 N–H and O–H groups in total. The zero-order valence-electron chi connectivity index (χ0n) is 11.2.